The highest BCUT2D eigenvalue weighted by Gasteiger charge is 1.95. The number of hydrogen-bond donors (Lipinski definition) is 1. The average molecular weight is 266 g/mol. The molecule has 2 nitrogen and oxygen atoms in total. The van der Waals surface area contributed by atoms with Crippen molar-refractivity contribution in [1.82, 2.24) is 0 Å². The van der Waals surface area contributed by atoms with E-state index in [1.165, 1.54) is 12.1 Å². The molecule has 0 unspecified atom stereocenters. The van der Waals surface area contributed by atoms with Gasteiger partial charge in [-0.05, 0) is 42.5 Å². The van der Waals surface area contributed by atoms with E-state index in [0.29, 0.717) is 23.9 Å². The smallest absolute Gasteiger partial charge is 0.123 e. The Hall–Kier alpha value is -1.74. The summed E-state index contributed by atoms with van der Waals surface area (Å²) in [5.41, 5.74) is 0.949. The maximum Gasteiger partial charge on any atom is 0.123 e. The molecule has 0 heterocycles. The number of ether oxygens (including phenoxy) is 1. The molecule has 18 heavy (non-hydrogen) atoms. The summed E-state index contributed by atoms with van der Waals surface area (Å²) < 4.78 is 18.1. The van der Waals surface area contributed by atoms with Crippen molar-refractivity contribution in [2.75, 3.05) is 18.5 Å². The van der Waals surface area contributed by atoms with E-state index in [1.807, 2.05) is 24.3 Å². The first-order chi connectivity index (χ1) is 8.74. The zero-order chi connectivity index (χ0) is 12.8. The number of nitrogens with one attached hydrogen (secondary N) is 1. The second-order valence-corrected chi connectivity index (χ2v) is 4.18. The number of anilines is 1. The molecule has 0 aromatic heterocycles. The van der Waals surface area contributed by atoms with E-state index in [1.54, 1.807) is 12.1 Å². The second kappa shape index (κ2) is 6.26. The van der Waals surface area contributed by atoms with Crippen LogP contribution in [-0.2, 0) is 0 Å². The summed E-state index contributed by atoms with van der Waals surface area (Å²) in [6.07, 6.45) is 0. The van der Waals surface area contributed by atoms with Gasteiger partial charge in [-0.25, -0.2) is 4.39 Å². The minimum Gasteiger partial charge on any atom is -0.492 e. The van der Waals surface area contributed by atoms with E-state index in [-0.39, 0.29) is 5.82 Å². The molecule has 0 aliphatic carbocycles. The van der Waals surface area contributed by atoms with Gasteiger partial charge in [0.15, 0.2) is 0 Å². The van der Waals surface area contributed by atoms with Crippen LogP contribution >= 0.6 is 11.6 Å². The fourth-order valence-electron chi connectivity index (χ4n) is 1.49. The van der Waals surface area contributed by atoms with Gasteiger partial charge in [0.05, 0.1) is 0 Å². The number of halogens is 2. The lowest BCUT2D eigenvalue weighted by atomic mass is 10.3. The van der Waals surface area contributed by atoms with E-state index < -0.39 is 0 Å². The quantitative estimate of drug-likeness (QED) is 0.826. The van der Waals surface area contributed by atoms with Crippen LogP contribution in [0.5, 0.6) is 5.75 Å². The molecule has 0 aliphatic rings. The molecule has 2 aromatic carbocycles. The molecule has 0 aliphatic heterocycles. The van der Waals surface area contributed by atoms with Gasteiger partial charge < -0.3 is 10.1 Å². The SMILES string of the molecule is Fc1ccc(OCCNc2cccc(Cl)c2)cc1. The largest absolute Gasteiger partial charge is 0.492 e. The molecule has 1 N–H and O–H groups in total. The molecule has 0 fully saturated rings. The standard InChI is InChI=1S/C14H13ClFNO/c15-11-2-1-3-13(10-11)17-8-9-18-14-6-4-12(16)5-7-14/h1-7,10,17H,8-9H2. The lowest BCUT2D eigenvalue weighted by Crippen LogP contribution is -2.11. The molecule has 0 saturated heterocycles. The molecule has 0 radical (unpaired) electrons. The second-order valence-electron chi connectivity index (χ2n) is 3.74. The first kappa shape index (κ1) is 12.7. The predicted molar refractivity (Wildman–Crippen MR) is 71.8 cm³/mol. The van der Waals surface area contributed by atoms with E-state index >= 15 is 0 Å². The Kier molecular flexibility index (Phi) is 4.42. The third kappa shape index (κ3) is 3.93. The molecule has 0 atom stereocenters. The number of hydrogen-bond acceptors (Lipinski definition) is 2. The summed E-state index contributed by atoms with van der Waals surface area (Å²) in [5, 5.41) is 3.88. The van der Waals surface area contributed by atoms with Crippen LogP contribution in [0.1, 0.15) is 0 Å². The molecule has 4 heteroatoms. The van der Waals surface area contributed by atoms with Crippen LogP contribution < -0.4 is 10.1 Å². The molecule has 0 amide bonds. The summed E-state index contributed by atoms with van der Waals surface area (Å²) in [6.45, 7) is 1.15. The van der Waals surface area contributed by atoms with Crippen LogP contribution in [-0.4, -0.2) is 13.2 Å². The van der Waals surface area contributed by atoms with Crippen molar-refractivity contribution in [2.24, 2.45) is 0 Å². The van der Waals surface area contributed by atoms with Crippen molar-refractivity contribution in [3.8, 4) is 5.75 Å². The molecule has 2 aromatic rings. The molecule has 0 spiro atoms. The average Bonchev–Trinajstić information content (AvgIpc) is 2.37. The zero-order valence-corrected chi connectivity index (χ0v) is 10.5. The van der Waals surface area contributed by atoms with Gasteiger partial charge in [-0.2, -0.15) is 0 Å². The van der Waals surface area contributed by atoms with Gasteiger partial charge in [0, 0.05) is 17.3 Å². The monoisotopic (exact) mass is 265 g/mol. The van der Waals surface area contributed by atoms with Gasteiger partial charge in [0.25, 0.3) is 0 Å². The number of rotatable bonds is 5. The van der Waals surface area contributed by atoms with Crippen molar-refractivity contribution in [1.29, 1.82) is 0 Å². The lowest BCUT2D eigenvalue weighted by Gasteiger charge is -2.08. The maximum atomic E-state index is 12.7. The van der Waals surface area contributed by atoms with Gasteiger partial charge in [-0.1, -0.05) is 17.7 Å². The first-order valence-electron chi connectivity index (χ1n) is 5.62. The van der Waals surface area contributed by atoms with Crippen molar-refractivity contribution >= 4 is 17.3 Å². The summed E-state index contributed by atoms with van der Waals surface area (Å²) >= 11 is 5.86. The maximum absolute atomic E-state index is 12.7. The Bertz CT molecular complexity index is 501. The number of benzene rings is 2. The predicted octanol–water partition coefficient (Wildman–Crippen LogP) is 3.97. The van der Waals surface area contributed by atoms with Crippen LogP contribution in [0.2, 0.25) is 5.02 Å². The van der Waals surface area contributed by atoms with Gasteiger partial charge >= 0.3 is 0 Å². The summed E-state index contributed by atoms with van der Waals surface area (Å²) in [5.74, 6) is 0.392. The molecular weight excluding hydrogens is 253 g/mol. The Labute approximate surface area is 110 Å². The van der Waals surface area contributed by atoms with E-state index in [0.717, 1.165) is 5.69 Å². The van der Waals surface area contributed by atoms with Crippen LogP contribution in [0, 0.1) is 5.82 Å². The zero-order valence-electron chi connectivity index (χ0n) is 9.70. The van der Waals surface area contributed by atoms with Crippen LogP contribution in [0.15, 0.2) is 48.5 Å². The first-order valence-corrected chi connectivity index (χ1v) is 6.00. The van der Waals surface area contributed by atoms with Gasteiger partial charge in [0.1, 0.15) is 18.2 Å². The van der Waals surface area contributed by atoms with Gasteiger partial charge in [0.2, 0.25) is 0 Å². The highest BCUT2D eigenvalue weighted by atomic mass is 35.5. The third-order valence-electron chi connectivity index (χ3n) is 2.34. The summed E-state index contributed by atoms with van der Waals surface area (Å²) in [6, 6.07) is 13.4. The normalized spacial score (nSPS) is 10.1. The van der Waals surface area contributed by atoms with Crippen molar-refractivity contribution in [3.05, 3.63) is 59.4 Å². The molecular formula is C14H13ClFNO. The molecule has 2 rings (SSSR count). The Morgan fingerprint density at radius 2 is 1.89 bits per heavy atom. The minimum atomic E-state index is -0.264. The fraction of sp³-hybridized carbons (Fsp3) is 0.143. The van der Waals surface area contributed by atoms with Crippen molar-refractivity contribution in [3.63, 3.8) is 0 Å². The third-order valence-corrected chi connectivity index (χ3v) is 2.57. The van der Waals surface area contributed by atoms with Gasteiger partial charge in [-0.3, -0.25) is 0 Å². The highest BCUT2D eigenvalue weighted by molar-refractivity contribution is 6.30. The van der Waals surface area contributed by atoms with Crippen molar-refractivity contribution < 1.29 is 9.13 Å². The Morgan fingerprint density at radius 1 is 1.11 bits per heavy atom. The van der Waals surface area contributed by atoms with Crippen LogP contribution in [0.3, 0.4) is 0 Å². The fourth-order valence-corrected chi connectivity index (χ4v) is 1.68. The van der Waals surface area contributed by atoms with Crippen molar-refractivity contribution in [2.45, 2.75) is 0 Å². The van der Waals surface area contributed by atoms with Crippen LogP contribution in [0.4, 0.5) is 10.1 Å². The van der Waals surface area contributed by atoms with E-state index in [9.17, 15) is 4.39 Å². The van der Waals surface area contributed by atoms with E-state index in [2.05, 4.69) is 5.32 Å². The highest BCUT2D eigenvalue weighted by Crippen LogP contribution is 2.15. The van der Waals surface area contributed by atoms with Crippen LogP contribution in [0.25, 0.3) is 0 Å². The van der Waals surface area contributed by atoms with Gasteiger partial charge in [-0.15, -0.1) is 0 Å². The minimum absolute atomic E-state index is 0.264. The van der Waals surface area contributed by atoms with E-state index in [4.69, 9.17) is 16.3 Å². The summed E-state index contributed by atoms with van der Waals surface area (Å²) in [7, 11) is 0. The Balaban J connectivity index is 1.74. The molecule has 0 saturated carbocycles. The molecule has 0 bridgehead atoms. The Morgan fingerprint density at radius 3 is 2.61 bits per heavy atom. The lowest BCUT2D eigenvalue weighted by molar-refractivity contribution is 0.332. The topological polar surface area (TPSA) is 21.3 Å². The molecule has 94 valence electrons. The summed E-state index contributed by atoms with van der Waals surface area (Å²) in [4.78, 5) is 0.